The second-order valence-electron chi connectivity index (χ2n) is 6.59. The Balaban J connectivity index is 1.60. The molecule has 0 spiro atoms. The first-order valence-electron chi connectivity index (χ1n) is 8.50. The largest absolute Gasteiger partial charge is 0.336 e. The van der Waals surface area contributed by atoms with Crippen LogP contribution in [0.25, 0.3) is 5.82 Å². The van der Waals surface area contributed by atoms with Crippen LogP contribution < -0.4 is 5.32 Å². The van der Waals surface area contributed by atoms with Gasteiger partial charge in [0, 0.05) is 43.8 Å². The van der Waals surface area contributed by atoms with Gasteiger partial charge in [-0.25, -0.2) is 9.78 Å². The van der Waals surface area contributed by atoms with Gasteiger partial charge in [-0.2, -0.15) is 0 Å². The standard InChI is InChI=1S/C18H21N5O2/c1-12-9-15(13(2)23(12)16-5-3-4-6-19-16)17(24)21-7-8-22-14(11-21)10-20-18(22)25/h3-6,9,14H,7-8,10-11H2,1-2H3,(H,20,25). The maximum Gasteiger partial charge on any atom is 0.317 e. The number of amides is 3. The average molecular weight is 339 g/mol. The molecule has 25 heavy (non-hydrogen) atoms. The number of aryl methyl sites for hydroxylation is 1. The second-order valence-corrected chi connectivity index (χ2v) is 6.59. The van der Waals surface area contributed by atoms with Crippen molar-refractivity contribution in [2.75, 3.05) is 26.2 Å². The fraction of sp³-hybridized carbons (Fsp3) is 0.389. The predicted octanol–water partition coefficient (Wildman–Crippen LogP) is 1.34. The van der Waals surface area contributed by atoms with Gasteiger partial charge in [0.25, 0.3) is 5.91 Å². The lowest BCUT2D eigenvalue weighted by molar-refractivity contribution is 0.0616. The van der Waals surface area contributed by atoms with E-state index >= 15 is 0 Å². The van der Waals surface area contributed by atoms with Gasteiger partial charge in [0.15, 0.2) is 0 Å². The number of nitrogens with zero attached hydrogens (tertiary/aromatic N) is 4. The quantitative estimate of drug-likeness (QED) is 0.898. The highest BCUT2D eigenvalue weighted by Crippen LogP contribution is 2.23. The van der Waals surface area contributed by atoms with E-state index in [0.29, 0.717) is 31.7 Å². The van der Waals surface area contributed by atoms with Crippen molar-refractivity contribution < 1.29 is 9.59 Å². The molecule has 7 heteroatoms. The molecule has 0 aromatic carbocycles. The molecule has 2 aliphatic heterocycles. The fourth-order valence-electron chi connectivity index (χ4n) is 3.78. The van der Waals surface area contributed by atoms with E-state index in [1.165, 1.54) is 0 Å². The predicted molar refractivity (Wildman–Crippen MR) is 92.8 cm³/mol. The molecule has 2 fully saturated rings. The number of fused-ring (bicyclic) bond motifs is 1. The van der Waals surface area contributed by atoms with Crippen molar-refractivity contribution in [3.05, 3.63) is 47.4 Å². The number of carbonyl (C=O) groups is 2. The number of carbonyl (C=O) groups excluding carboxylic acids is 2. The Hall–Kier alpha value is -2.83. The minimum absolute atomic E-state index is 0.0225. The summed E-state index contributed by atoms with van der Waals surface area (Å²) >= 11 is 0. The van der Waals surface area contributed by atoms with Crippen LogP contribution in [0.4, 0.5) is 4.79 Å². The zero-order valence-corrected chi connectivity index (χ0v) is 14.4. The highest BCUT2D eigenvalue weighted by atomic mass is 16.2. The Morgan fingerprint density at radius 2 is 2.12 bits per heavy atom. The van der Waals surface area contributed by atoms with Crippen LogP contribution in [0.2, 0.25) is 0 Å². The van der Waals surface area contributed by atoms with Crippen LogP contribution in [-0.4, -0.2) is 63.5 Å². The van der Waals surface area contributed by atoms with Gasteiger partial charge in [0.2, 0.25) is 0 Å². The first-order valence-corrected chi connectivity index (χ1v) is 8.50. The lowest BCUT2D eigenvalue weighted by Gasteiger charge is -2.36. The van der Waals surface area contributed by atoms with Crippen molar-refractivity contribution in [3.63, 3.8) is 0 Å². The first-order chi connectivity index (χ1) is 12.1. The van der Waals surface area contributed by atoms with E-state index in [2.05, 4.69) is 10.3 Å². The van der Waals surface area contributed by atoms with E-state index in [-0.39, 0.29) is 18.0 Å². The zero-order chi connectivity index (χ0) is 17.6. The van der Waals surface area contributed by atoms with Crippen molar-refractivity contribution in [2.45, 2.75) is 19.9 Å². The van der Waals surface area contributed by atoms with Crippen molar-refractivity contribution in [1.82, 2.24) is 24.7 Å². The topological polar surface area (TPSA) is 70.5 Å². The molecule has 4 heterocycles. The Kier molecular flexibility index (Phi) is 3.71. The molecule has 0 bridgehead atoms. The lowest BCUT2D eigenvalue weighted by Crippen LogP contribution is -2.53. The summed E-state index contributed by atoms with van der Waals surface area (Å²) in [7, 11) is 0. The molecule has 1 N–H and O–H groups in total. The molecule has 0 saturated carbocycles. The van der Waals surface area contributed by atoms with Crippen LogP contribution in [0.15, 0.2) is 30.5 Å². The molecule has 0 radical (unpaired) electrons. The van der Waals surface area contributed by atoms with Gasteiger partial charge in [-0.05, 0) is 32.0 Å². The smallest absolute Gasteiger partial charge is 0.317 e. The van der Waals surface area contributed by atoms with E-state index in [4.69, 9.17) is 0 Å². The van der Waals surface area contributed by atoms with Crippen LogP contribution in [-0.2, 0) is 0 Å². The van der Waals surface area contributed by atoms with Crippen molar-refractivity contribution in [1.29, 1.82) is 0 Å². The molecule has 2 aromatic rings. The third-order valence-corrected chi connectivity index (χ3v) is 5.06. The molecular weight excluding hydrogens is 318 g/mol. The highest BCUT2D eigenvalue weighted by molar-refractivity contribution is 5.96. The van der Waals surface area contributed by atoms with Crippen LogP contribution in [0.1, 0.15) is 21.7 Å². The lowest BCUT2D eigenvalue weighted by atomic mass is 10.1. The van der Waals surface area contributed by atoms with E-state index in [0.717, 1.165) is 17.2 Å². The number of piperazine rings is 1. The van der Waals surface area contributed by atoms with Crippen LogP contribution in [0, 0.1) is 13.8 Å². The molecular formula is C18H21N5O2. The number of aromatic nitrogens is 2. The summed E-state index contributed by atoms with van der Waals surface area (Å²) in [6.07, 6.45) is 1.75. The minimum Gasteiger partial charge on any atom is -0.336 e. The normalized spacial score (nSPS) is 19.8. The summed E-state index contributed by atoms with van der Waals surface area (Å²) in [6.45, 7) is 6.26. The van der Waals surface area contributed by atoms with Gasteiger partial charge in [-0.1, -0.05) is 6.07 Å². The van der Waals surface area contributed by atoms with E-state index < -0.39 is 0 Å². The van der Waals surface area contributed by atoms with Gasteiger partial charge >= 0.3 is 6.03 Å². The summed E-state index contributed by atoms with van der Waals surface area (Å²) in [5, 5.41) is 2.84. The molecule has 2 aromatic heterocycles. The van der Waals surface area contributed by atoms with Crippen molar-refractivity contribution in [3.8, 4) is 5.82 Å². The van der Waals surface area contributed by atoms with Crippen molar-refractivity contribution >= 4 is 11.9 Å². The molecule has 2 aliphatic rings. The Bertz CT molecular complexity index is 829. The van der Waals surface area contributed by atoms with Crippen LogP contribution in [0.3, 0.4) is 0 Å². The summed E-state index contributed by atoms with van der Waals surface area (Å²) < 4.78 is 2.00. The van der Waals surface area contributed by atoms with Gasteiger partial charge in [-0.15, -0.1) is 0 Å². The third kappa shape index (κ3) is 2.56. The van der Waals surface area contributed by atoms with Gasteiger partial charge in [0.1, 0.15) is 5.82 Å². The average Bonchev–Trinajstić information content (AvgIpc) is 3.14. The van der Waals surface area contributed by atoms with E-state index in [9.17, 15) is 9.59 Å². The Morgan fingerprint density at radius 3 is 2.88 bits per heavy atom. The highest BCUT2D eigenvalue weighted by Gasteiger charge is 2.37. The molecule has 130 valence electrons. The SMILES string of the molecule is Cc1cc(C(=O)N2CCN3C(=O)NCC3C2)c(C)n1-c1ccccn1. The van der Waals surface area contributed by atoms with Crippen molar-refractivity contribution in [2.24, 2.45) is 0 Å². The number of nitrogens with one attached hydrogen (secondary N) is 1. The molecule has 4 rings (SSSR count). The van der Waals surface area contributed by atoms with Gasteiger partial charge < -0.3 is 19.7 Å². The second kappa shape index (κ2) is 5.91. The summed E-state index contributed by atoms with van der Waals surface area (Å²) in [6, 6.07) is 7.72. The molecule has 2 saturated heterocycles. The summed E-state index contributed by atoms with van der Waals surface area (Å²) in [4.78, 5) is 32.8. The maximum atomic E-state index is 13.1. The van der Waals surface area contributed by atoms with Gasteiger partial charge in [0.05, 0.1) is 11.6 Å². The third-order valence-electron chi connectivity index (χ3n) is 5.06. The number of hydrogen-bond acceptors (Lipinski definition) is 3. The Labute approximate surface area is 146 Å². The first kappa shape index (κ1) is 15.7. The molecule has 1 atom stereocenters. The van der Waals surface area contributed by atoms with E-state index in [1.54, 1.807) is 6.20 Å². The molecule has 0 aliphatic carbocycles. The summed E-state index contributed by atoms with van der Waals surface area (Å²) in [5.41, 5.74) is 2.58. The number of pyridine rings is 1. The molecule has 3 amide bonds. The maximum absolute atomic E-state index is 13.1. The van der Waals surface area contributed by atoms with Crippen LogP contribution >= 0.6 is 0 Å². The monoisotopic (exact) mass is 339 g/mol. The van der Waals surface area contributed by atoms with Crippen LogP contribution in [0.5, 0.6) is 0 Å². The summed E-state index contributed by atoms with van der Waals surface area (Å²) in [5.74, 6) is 0.834. The minimum atomic E-state index is -0.0228. The van der Waals surface area contributed by atoms with Gasteiger partial charge in [-0.3, -0.25) is 4.79 Å². The fourth-order valence-corrected chi connectivity index (χ4v) is 3.78. The number of rotatable bonds is 2. The number of urea groups is 1. The number of hydrogen-bond donors (Lipinski definition) is 1. The van der Waals surface area contributed by atoms with E-state index in [1.807, 2.05) is 52.5 Å². The molecule has 7 nitrogen and oxygen atoms in total. The Morgan fingerprint density at radius 1 is 1.28 bits per heavy atom. The molecule has 1 unspecified atom stereocenters. The zero-order valence-electron chi connectivity index (χ0n) is 14.4.